The molecule has 0 saturated carbocycles. The van der Waals surface area contributed by atoms with Gasteiger partial charge in [0.15, 0.2) is 0 Å². The maximum atomic E-state index is 12.5. The van der Waals surface area contributed by atoms with E-state index in [1.54, 1.807) is 28.6 Å². The first-order chi connectivity index (χ1) is 8.39. The summed E-state index contributed by atoms with van der Waals surface area (Å²) < 4.78 is 27.5. The molecule has 2 unspecified atom stereocenters. The van der Waals surface area contributed by atoms with Crippen LogP contribution in [0.25, 0.3) is 0 Å². The molecule has 1 aromatic carbocycles. The fraction of sp³-hybridized carbons (Fsp3) is 0.500. The van der Waals surface area contributed by atoms with Crippen LogP contribution in [0.4, 0.5) is 0 Å². The number of sulfonamides is 1. The van der Waals surface area contributed by atoms with E-state index < -0.39 is 10.0 Å². The average Bonchev–Trinajstić information content (AvgIpc) is 2.28. The highest BCUT2D eigenvalue weighted by Gasteiger charge is 2.31. The molecule has 100 valence electrons. The molecule has 1 heterocycles. The van der Waals surface area contributed by atoms with Crippen molar-refractivity contribution in [3.05, 3.63) is 28.7 Å². The van der Waals surface area contributed by atoms with Crippen LogP contribution in [0, 0.1) is 0 Å². The molecule has 2 rings (SSSR count). The van der Waals surface area contributed by atoms with Gasteiger partial charge in [0.2, 0.25) is 10.0 Å². The molecule has 1 aliphatic rings. The van der Waals surface area contributed by atoms with Crippen molar-refractivity contribution in [2.45, 2.75) is 29.2 Å². The SMILES string of the molecule is CC1CN(S(=O)(=O)c2ccc(Br)cc2)CC(C)S1. The third-order valence-corrected chi connectivity index (χ3v) is 6.44. The van der Waals surface area contributed by atoms with Gasteiger partial charge in [-0.15, -0.1) is 0 Å². The Kier molecular flexibility index (Phi) is 4.41. The summed E-state index contributed by atoms with van der Waals surface area (Å²) in [6, 6.07) is 6.82. The number of halogens is 1. The summed E-state index contributed by atoms with van der Waals surface area (Å²) in [4.78, 5) is 0.372. The molecular weight excluding hydrogens is 334 g/mol. The Labute approximate surface area is 121 Å². The summed E-state index contributed by atoms with van der Waals surface area (Å²) in [5.41, 5.74) is 0. The van der Waals surface area contributed by atoms with Crippen molar-refractivity contribution in [3.63, 3.8) is 0 Å². The second-order valence-electron chi connectivity index (χ2n) is 4.53. The molecule has 3 nitrogen and oxygen atoms in total. The molecule has 18 heavy (non-hydrogen) atoms. The van der Waals surface area contributed by atoms with Crippen molar-refractivity contribution >= 4 is 37.7 Å². The van der Waals surface area contributed by atoms with Gasteiger partial charge in [0.05, 0.1) is 4.90 Å². The fourth-order valence-corrected chi connectivity index (χ4v) is 5.48. The van der Waals surface area contributed by atoms with E-state index in [2.05, 4.69) is 29.8 Å². The van der Waals surface area contributed by atoms with Gasteiger partial charge >= 0.3 is 0 Å². The maximum Gasteiger partial charge on any atom is 0.243 e. The van der Waals surface area contributed by atoms with Gasteiger partial charge in [-0.05, 0) is 24.3 Å². The minimum Gasteiger partial charge on any atom is -0.207 e. The van der Waals surface area contributed by atoms with E-state index in [0.29, 0.717) is 28.5 Å². The quantitative estimate of drug-likeness (QED) is 0.823. The zero-order valence-electron chi connectivity index (χ0n) is 10.3. The van der Waals surface area contributed by atoms with Crippen molar-refractivity contribution in [1.82, 2.24) is 4.31 Å². The summed E-state index contributed by atoms with van der Waals surface area (Å²) in [7, 11) is -3.35. The molecule has 0 N–H and O–H groups in total. The Bertz CT molecular complexity index is 505. The van der Waals surface area contributed by atoms with Crippen LogP contribution in [0.1, 0.15) is 13.8 Å². The van der Waals surface area contributed by atoms with Gasteiger partial charge < -0.3 is 0 Å². The Morgan fingerprint density at radius 3 is 2.17 bits per heavy atom. The first-order valence-electron chi connectivity index (χ1n) is 5.81. The molecule has 6 heteroatoms. The van der Waals surface area contributed by atoms with Crippen molar-refractivity contribution in [2.75, 3.05) is 13.1 Å². The summed E-state index contributed by atoms with van der Waals surface area (Å²) in [6.07, 6.45) is 0. The van der Waals surface area contributed by atoms with Crippen LogP contribution in [0.5, 0.6) is 0 Å². The monoisotopic (exact) mass is 349 g/mol. The van der Waals surface area contributed by atoms with Gasteiger partial charge in [-0.1, -0.05) is 29.8 Å². The first kappa shape index (κ1) is 14.4. The largest absolute Gasteiger partial charge is 0.243 e. The summed E-state index contributed by atoms with van der Waals surface area (Å²) >= 11 is 5.16. The van der Waals surface area contributed by atoms with E-state index in [9.17, 15) is 8.42 Å². The normalized spacial score (nSPS) is 26.2. The highest BCUT2D eigenvalue weighted by atomic mass is 79.9. The highest BCUT2D eigenvalue weighted by Crippen LogP contribution is 2.29. The smallest absolute Gasteiger partial charge is 0.207 e. The van der Waals surface area contributed by atoms with Crippen LogP contribution >= 0.6 is 27.7 Å². The fourth-order valence-electron chi connectivity index (χ4n) is 2.08. The van der Waals surface area contributed by atoms with E-state index in [1.165, 1.54) is 0 Å². The highest BCUT2D eigenvalue weighted by molar-refractivity contribution is 9.10. The van der Waals surface area contributed by atoms with Gasteiger partial charge in [0.1, 0.15) is 0 Å². The minimum atomic E-state index is -3.35. The van der Waals surface area contributed by atoms with Crippen LogP contribution in [0.2, 0.25) is 0 Å². The van der Waals surface area contributed by atoms with E-state index in [-0.39, 0.29) is 0 Å². The molecule has 1 saturated heterocycles. The molecule has 1 fully saturated rings. The van der Waals surface area contributed by atoms with Crippen molar-refractivity contribution in [2.24, 2.45) is 0 Å². The van der Waals surface area contributed by atoms with Crippen LogP contribution in [0.3, 0.4) is 0 Å². The Morgan fingerprint density at radius 1 is 1.17 bits per heavy atom. The number of thioether (sulfide) groups is 1. The van der Waals surface area contributed by atoms with E-state index in [1.807, 2.05) is 11.8 Å². The van der Waals surface area contributed by atoms with Gasteiger partial charge in [-0.3, -0.25) is 0 Å². The van der Waals surface area contributed by atoms with Crippen molar-refractivity contribution < 1.29 is 8.42 Å². The molecule has 0 aliphatic carbocycles. The number of nitrogens with zero attached hydrogens (tertiary/aromatic N) is 1. The second kappa shape index (κ2) is 5.53. The number of hydrogen-bond acceptors (Lipinski definition) is 3. The molecule has 2 atom stereocenters. The van der Waals surface area contributed by atoms with Crippen LogP contribution in [-0.4, -0.2) is 36.3 Å². The lowest BCUT2D eigenvalue weighted by Crippen LogP contribution is -2.43. The van der Waals surface area contributed by atoms with Crippen LogP contribution in [0.15, 0.2) is 33.6 Å². The van der Waals surface area contributed by atoms with Crippen molar-refractivity contribution in [1.29, 1.82) is 0 Å². The number of rotatable bonds is 2. The predicted molar refractivity (Wildman–Crippen MR) is 79.4 cm³/mol. The molecule has 1 aliphatic heterocycles. The topological polar surface area (TPSA) is 37.4 Å². The lowest BCUT2D eigenvalue weighted by molar-refractivity contribution is 0.405. The molecule has 0 amide bonds. The Morgan fingerprint density at radius 2 is 1.67 bits per heavy atom. The Hall–Kier alpha value is -0.0400. The summed E-state index contributed by atoms with van der Waals surface area (Å²) in [5.74, 6) is 0. The zero-order valence-corrected chi connectivity index (χ0v) is 13.6. The lowest BCUT2D eigenvalue weighted by Gasteiger charge is -2.33. The average molecular weight is 350 g/mol. The van der Waals surface area contributed by atoms with Crippen LogP contribution < -0.4 is 0 Å². The van der Waals surface area contributed by atoms with Gasteiger partial charge in [-0.2, -0.15) is 16.1 Å². The van der Waals surface area contributed by atoms with Gasteiger partial charge in [0, 0.05) is 28.1 Å². The molecular formula is C12H16BrNO2S2. The van der Waals surface area contributed by atoms with Crippen LogP contribution in [-0.2, 0) is 10.0 Å². The molecule has 1 aromatic rings. The lowest BCUT2D eigenvalue weighted by atomic mass is 10.4. The zero-order chi connectivity index (χ0) is 13.3. The molecule has 0 bridgehead atoms. The standard InChI is InChI=1S/C12H16BrNO2S2/c1-9-7-14(8-10(2)17-9)18(15,16)12-5-3-11(13)4-6-12/h3-6,9-10H,7-8H2,1-2H3. The first-order valence-corrected chi connectivity index (χ1v) is 8.98. The number of hydrogen-bond donors (Lipinski definition) is 0. The van der Waals surface area contributed by atoms with Crippen molar-refractivity contribution in [3.8, 4) is 0 Å². The molecule has 0 radical (unpaired) electrons. The third kappa shape index (κ3) is 3.10. The summed E-state index contributed by atoms with van der Waals surface area (Å²) in [6.45, 7) is 5.33. The van der Waals surface area contributed by atoms with Gasteiger partial charge in [-0.25, -0.2) is 8.42 Å². The summed E-state index contributed by atoms with van der Waals surface area (Å²) in [5, 5.41) is 0.693. The van der Waals surface area contributed by atoms with E-state index in [0.717, 1.165) is 4.47 Å². The minimum absolute atomic E-state index is 0.346. The second-order valence-corrected chi connectivity index (χ2v) is 9.27. The van der Waals surface area contributed by atoms with Gasteiger partial charge in [0.25, 0.3) is 0 Å². The predicted octanol–water partition coefficient (Wildman–Crippen LogP) is 2.96. The molecule has 0 spiro atoms. The van der Waals surface area contributed by atoms with E-state index >= 15 is 0 Å². The molecule has 0 aromatic heterocycles. The Balaban J connectivity index is 2.28. The van der Waals surface area contributed by atoms with E-state index in [4.69, 9.17) is 0 Å². The maximum absolute atomic E-state index is 12.5. The third-order valence-electron chi connectivity index (χ3n) is 2.84. The number of benzene rings is 1.